The van der Waals surface area contributed by atoms with E-state index in [9.17, 15) is 0 Å². The zero-order chi connectivity index (χ0) is 13.0. The Morgan fingerprint density at radius 2 is 2.11 bits per heavy atom. The largest absolute Gasteiger partial charge is 0.311 e. The van der Waals surface area contributed by atoms with E-state index in [4.69, 9.17) is 0 Å². The summed E-state index contributed by atoms with van der Waals surface area (Å²) in [6, 6.07) is 10.4. The van der Waals surface area contributed by atoms with E-state index >= 15 is 0 Å². The second kappa shape index (κ2) is 5.83. The molecule has 96 valence electrons. The molecule has 1 heterocycles. The Kier molecular flexibility index (Phi) is 4.15. The van der Waals surface area contributed by atoms with Crippen LogP contribution >= 0.6 is 0 Å². The third kappa shape index (κ3) is 3.44. The van der Waals surface area contributed by atoms with Gasteiger partial charge in [-0.1, -0.05) is 26.0 Å². The maximum Gasteiger partial charge on any atom is 0.0766 e. The molecule has 0 aliphatic rings. The predicted molar refractivity (Wildman–Crippen MR) is 74.8 cm³/mol. The topological polar surface area (TPSA) is 29.9 Å². The Bertz CT molecular complexity index is 500. The van der Waals surface area contributed by atoms with Crippen molar-refractivity contribution in [3.63, 3.8) is 0 Å². The Morgan fingerprint density at radius 3 is 2.83 bits per heavy atom. The average molecular weight is 243 g/mol. The highest BCUT2D eigenvalue weighted by Gasteiger charge is 2.01. The first-order valence-electron chi connectivity index (χ1n) is 6.47. The monoisotopic (exact) mass is 243 g/mol. The van der Waals surface area contributed by atoms with E-state index in [1.807, 2.05) is 10.9 Å². The van der Waals surface area contributed by atoms with Crippen LogP contribution in [0.1, 0.15) is 25.1 Å². The van der Waals surface area contributed by atoms with Gasteiger partial charge >= 0.3 is 0 Å². The van der Waals surface area contributed by atoms with Gasteiger partial charge in [0.25, 0.3) is 0 Å². The third-order valence-corrected chi connectivity index (χ3v) is 2.77. The van der Waals surface area contributed by atoms with Crippen LogP contribution in [0, 0.1) is 12.8 Å². The molecule has 0 saturated heterocycles. The highest BCUT2D eigenvalue weighted by atomic mass is 15.3. The van der Waals surface area contributed by atoms with Gasteiger partial charge in [-0.2, -0.15) is 5.10 Å². The number of aromatic nitrogens is 2. The lowest BCUT2D eigenvalue weighted by molar-refractivity contribution is 0.546. The van der Waals surface area contributed by atoms with E-state index < -0.39 is 0 Å². The molecule has 0 saturated carbocycles. The minimum absolute atomic E-state index is 0.670. The van der Waals surface area contributed by atoms with Crippen molar-refractivity contribution in [1.82, 2.24) is 15.1 Å². The number of benzene rings is 1. The summed E-state index contributed by atoms with van der Waals surface area (Å²) in [5, 5.41) is 7.97. The summed E-state index contributed by atoms with van der Waals surface area (Å²) in [5.74, 6) is 0.670. The minimum atomic E-state index is 0.670. The van der Waals surface area contributed by atoms with Crippen molar-refractivity contribution in [2.75, 3.05) is 6.54 Å². The number of aryl methyl sites for hydroxylation is 1. The highest BCUT2D eigenvalue weighted by molar-refractivity contribution is 5.34. The molecule has 3 nitrogen and oxygen atoms in total. The first-order chi connectivity index (χ1) is 8.65. The summed E-state index contributed by atoms with van der Waals surface area (Å²) in [6.45, 7) is 8.36. The molecule has 0 radical (unpaired) electrons. The molecule has 1 aromatic carbocycles. The highest BCUT2D eigenvalue weighted by Crippen LogP contribution is 2.09. The molecule has 0 spiro atoms. The molecule has 1 N–H and O–H groups in total. The SMILES string of the molecule is Cc1cccc(-n2ccc(CNCC(C)C)n2)c1. The molecular weight excluding hydrogens is 222 g/mol. The van der Waals surface area contributed by atoms with Gasteiger partial charge in [-0.15, -0.1) is 0 Å². The van der Waals surface area contributed by atoms with Crippen LogP contribution in [0.25, 0.3) is 5.69 Å². The first-order valence-corrected chi connectivity index (χ1v) is 6.47. The second-order valence-corrected chi connectivity index (χ2v) is 5.12. The Labute approximate surface area is 109 Å². The average Bonchev–Trinajstić information content (AvgIpc) is 2.77. The van der Waals surface area contributed by atoms with E-state index in [1.165, 1.54) is 5.56 Å². The number of hydrogen-bond acceptors (Lipinski definition) is 2. The predicted octanol–water partition coefficient (Wildman–Crippen LogP) is 2.93. The number of nitrogens with one attached hydrogen (secondary N) is 1. The van der Waals surface area contributed by atoms with Crippen molar-refractivity contribution < 1.29 is 0 Å². The van der Waals surface area contributed by atoms with Gasteiger partial charge in [0.2, 0.25) is 0 Å². The zero-order valence-corrected chi connectivity index (χ0v) is 11.4. The van der Waals surface area contributed by atoms with E-state index in [0.29, 0.717) is 5.92 Å². The maximum atomic E-state index is 4.57. The summed E-state index contributed by atoms with van der Waals surface area (Å²) in [5.41, 5.74) is 3.45. The summed E-state index contributed by atoms with van der Waals surface area (Å²) in [4.78, 5) is 0. The third-order valence-electron chi connectivity index (χ3n) is 2.77. The fourth-order valence-corrected chi connectivity index (χ4v) is 1.86. The molecule has 3 heteroatoms. The molecule has 18 heavy (non-hydrogen) atoms. The van der Waals surface area contributed by atoms with Crippen molar-refractivity contribution in [1.29, 1.82) is 0 Å². The van der Waals surface area contributed by atoms with Crippen LogP contribution in [0.15, 0.2) is 36.5 Å². The molecular formula is C15H21N3. The van der Waals surface area contributed by atoms with Crippen LogP contribution < -0.4 is 5.32 Å². The molecule has 1 aromatic heterocycles. The van der Waals surface area contributed by atoms with E-state index in [1.54, 1.807) is 0 Å². The van der Waals surface area contributed by atoms with Crippen LogP contribution in [0.5, 0.6) is 0 Å². The summed E-state index contributed by atoms with van der Waals surface area (Å²) in [6.07, 6.45) is 2.02. The van der Waals surface area contributed by atoms with E-state index in [2.05, 4.69) is 61.5 Å². The van der Waals surface area contributed by atoms with Gasteiger partial charge in [0.05, 0.1) is 11.4 Å². The molecule has 0 aliphatic carbocycles. The molecule has 2 aromatic rings. The summed E-state index contributed by atoms with van der Waals surface area (Å²) >= 11 is 0. The molecule has 2 rings (SSSR count). The fourth-order valence-electron chi connectivity index (χ4n) is 1.86. The normalized spacial score (nSPS) is 11.1. The standard InChI is InChI=1S/C15H21N3/c1-12(2)10-16-11-14-7-8-18(17-14)15-6-4-5-13(3)9-15/h4-9,12,16H,10-11H2,1-3H3. The van der Waals surface area contributed by atoms with Crippen molar-refractivity contribution in [2.24, 2.45) is 5.92 Å². The smallest absolute Gasteiger partial charge is 0.0766 e. The Hall–Kier alpha value is -1.61. The Morgan fingerprint density at radius 1 is 1.28 bits per heavy atom. The lowest BCUT2D eigenvalue weighted by atomic mass is 10.2. The zero-order valence-electron chi connectivity index (χ0n) is 11.4. The maximum absolute atomic E-state index is 4.57. The lowest BCUT2D eigenvalue weighted by Crippen LogP contribution is -2.19. The lowest BCUT2D eigenvalue weighted by Gasteiger charge is -2.05. The molecule has 0 amide bonds. The van der Waals surface area contributed by atoms with Crippen molar-refractivity contribution in [3.8, 4) is 5.69 Å². The van der Waals surface area contributed by atoms with Gasteiger partial charge < -0.3 is 5.32 Å². The van der Waals surface area contributed by atoms with Gasteiger partial charge in [0.1, 0.15) is 0 Å². The van der Waals surface area contributed by atoms with Crippen molar-refractivity contribution >= 4 is 0 Å². The molecule has 0 bridgehead atoms. The second-order valence-electron chi connectivity index (χ2n) is 5.12. The fraction of sp³-hybridized carbons (Fsp3) is 0.400. The quantitative estimate of drug-likeness (QED) is 0.875. The molecule has 0 fully saturated rings. The number of nitrogens with zero attached hydrogens (tertiary/aromatic N) is 2. The number of hydrogen-bond donors (Lipinski definition) is 1. The van der Waals surface area contributed by atoms with Crippen LogP contribution in [0.3, 0.4) is 0 Å². The van der Waals surface area contributed by atoms with Crippen LogP contribution in [-0.2, 0) is 6.54 Å². The Balaban J connectivity index is 2.02. The first kappa shape index (κ1) is 12.8. The molecule has 0 aliphatic heterocycles. The van der Waals surface area contributed by atoms with E-state index in [0.717, 1.165) is 24.5 Å². The van der Waals surface area contributed by atoms with Gasteiger partial charge in [-0.05, 0) is 43.1 Å². The van der Waals surface area contributed by atoms with Gasteiger partial charge in [-0.25, -0.2) is 4.68 Å². The molecule has 0 unspecified atom stereocenters. The minimum Gasteiger partial charge on any atom is -0.311 e. The van der Waals surface area contributed by atoms with Gasteiger partial charge in [0, 0.05) is 12.7 Å². The number of rotatable bonds is 5. The van der Waals surface area contributed by atoms with E-state index in [-0.39, 0.29) is 0 Å². The van der Waals surface area contributed by atoms with Gasteiger partial charge in [-0.3, -0.25) is 0 Å². The van der Waals surface area contributed by atoms with Gasteiger partial charge in [0.15, 0.2) is 0 Å². The van der Waals surface area contributed by atoms with Crippen LogP contribution in [0.4, 0.5) is 0 Å². The van der Waals surface area contributed by atoms with Crippen LogP contribution in [-0.4, -0.2) is 16.3 Å². The van der Waals surface area contributed by atoms with Crippen LogP contribution in [0.2, 0.25) is 0 Å². The van der Waals surface area contributed by atoms with Crippen molar-refractivity contribution in [2.45, 2.75) is 27.3 Å². The summed E-state index contributed by atoms with van der Waals surface area (Å²) in [7, 11) is 0. The summed E-state index contributed by atoms with van der Waals surface area (Å²) < 4.78 is 1.93. The van der Waals surface area contributed by atoms with Crippen molar-refractivity contribution in [3.05, 3.63) is 47.8 Å². The molecule has 0 atom stereocenters.